The summed E-state index contributed by atoms with van der Waals surface area (Å²) in [4.78, 5) is 19.0. The number of amides is 1. The van der Waals surface area contributed by atoms with E-state index >= 15 is 0 Å². The van der Waals surface area contributed by atoms with Crippen molar-refractivity contribution >= 4 is 28.9 Å². The summed E-state index contributed by atoms with van der Waals surface area (Å²) in [5.74, 6) is 1.58. The maximum Gasteiger partial charge on any atom is 0.226 e. The van der Waals surface area contributed by atoms with Gasteiger partial charge in [-0.3, -0.25) is 9.78 Å². The van der Waals surface area contributed by atoms with E-state index in [9.17, 15) is 4.79 Å². The van der Waals surface area contributed by atoms with Gasteiger partial charge >= 0.3 is 0 Å². The normalized spacial score (nSPS) is 18.3. The standard InChI is InChI=1S/C23H24N4O2S/c1-15-6-9-17(10-7-15)25-20(28)12-14-27-22(19-11-8-16(2)29-19)21(26-23(27)30)18-5-3-4-13-24-18/h3-11,13,21-22H,12,14H2,1-2H3,(H,25,28)(H,26,30)/t21-,22-/m1/s1. The lowest BCUT2D eigenvalue weighted by molar-refractivity contribution is -0.116. The van der Waals surface area contributed by atoms with E-state index in [-0.39, 0.29) is 18.0 Å². The number of pyridine rings is 1. The Labute approximate surface area is 181 Å². The molecule has 2 atom stereocenters. The lowest BCUT2D eigenvalue weighted by atomic mass is 10.0. The number of aryl methyl sites for hydroxylation is 2. The zero-order valence-electron chi connectivity index (χ0n) is 17.0. The first-order valence-electron chi connectivity index (χ1n) is 9.92. The van der Waals surface area contributed by atoms with Crippen LogP contribution in [0.15, 0.2) is 65.2 Å². The molecule has 4 rings (SSSR count). The first kappa shape index (κ1) is 20.1. The molecule has 3 aromatic rings. The fraction of sp³-hybridized carbons (Fsp3) is 0.261. The van der Waals surface area contributed by atoms with Gasteiger partial charge in [0.05, 0.1) is 11.7 Å². The zero-order chi connectivity index (χ0) is 21.1. The molecule has 0 bridgehead atoms. The monoisotopic (exact) mass is 420 g/mol. The lowest BCUT2D eigenvalue weighted by Crippen LogP contribution is -2.32. The molecule has 0 spiro atoms. The van der Waals surface area contributed by atoms with Crippen LogP contribution in [0.25, 0.3) is 0 Å². The molecule has 6 nitrogen and oxygen atoms in total. The minimum atomic E-state index is -0.173. The molecule has 154 valence electrons. The van der Waals surface area contributed by atoms with Gasteiger partial charge in [0.2, 0.25) is 5.91 Å². The zero-order valence-corrected chi connectivity index (χ0v) is 17.8. The number of carbonyl (C=O) groups excluding carboxylic acids is 1. The number of hydrogen-bond acceptors (Lipinski definition) is 4. The fourth-order valence-corrected chi connectivity index (χ4v) is 3.98. The molecule has 2 aromatic heterocycles. The minimum absolute atomic E-state index is 0.0580. The number of nitrogens with zero attached hydrogens (tertiary/aromatic N) is 2. The van der Waals surface area contributed by atoms with Crippen LogP contribution in [0, 0.1) is 13.8 Å². The van der Waals surface area contributed by atoms with Crippen LogP contribution in [0.1, 0.15) is 41.3 Å². The highest BCUT2D eigenvalue weighted by molar-refractivity contribution is 7.80. The third-order valence-electron chi connectivity index (χ3n) is 5.17. The van der Waals surface area contributed by atoms with E-state index < -0.39 is 0 Å². The van der Waals surface area contributed by atoms with Crippen molar-refractivity contribution in [1.29, 1.82) is 0 Å². The van der Waals surface area contributed by atoms with Crippen LogP contribution in [-0.2, 0) is 4.79 Å². The molecule has 7 heteroatoms. The van der Waals surface area contributed by atoms with Crippen LogP contribution in [0.3, 0.4) is 0 Å². The molecule has 1 aliphatic rings. The Morgan fingerprint density at radius 3 is 2.63 bits per heavy atom. The molecule has 2 N–H and O–H groups in total. The summed E-state index contributed by atoms with van der Waals surface area (Å²) in [6, 6.07) is 17.1. The molecule has 1 aliphatic heterocycles. The Morgan fingerprint density at radius 2 is 1.97 bits per heavy atom. The van der Waals surface area contributed by atoms with Crippen molar-refractivity contribution in [2.45, 2.75) is 32.4 Å². The summed E-state index contributed by atoms with van der Waals surface area (Å²) in [6.07, 6.45) is 2.07. The van der Waals surface area contributed by atoms with Gasteiger partial charge in [0.15, 0.2) is 5.11 Å². The second-order valence-corrected chi connectivity index (χ2v) is 7.82. The van der Waals surface area contributed by atoms with E-state index in [1.165, 1.54) is 0 Å². The van der Waals surface area contributed by atoms with Crippen LogP contribution in [0.4, 0.5) is 5.69 Å². The molecular weight excluding hydrogens is 396 g/mol. The molecule has 30 heavy (non-hydrogen) atoms. The second-order valence-electron chi connectivity index (χ2n) is 7.43. The maximum atomic E-state index is 12.5. The predicted molar refractivity (Wildman–Crippen MR) is 120 cm³/mol. The number of rotatable bonds is 6. The number of thiocarbonyl (C=S) groups is 1. The quantitative estimate of drug-likeness (QED) is 0.580. The molecule has 0 saturated carbocycles. The van der Waals surface area contributed by atoms with Gasteiger partial charge in [-0.1, -0.05) is 23.8 Å². The SMILES string of the molecule is Cc1ccc(NC(=O)CCN2C(=S)N[C@H](c3ccccn3)[C@H]2c2ccc(C)o2)cc1. The van der Waals surface area contributed by atoms with Gasteiger partial charge in [-0.05, 0) is 62.5 Å². The third kappa shape index (κ3) is 4.36. The number of benzene rings is 1. The van der Waals surface area contributed by atoms with Gasteiger partial charge in [0.25, 0.3) is 0 Å². The van der Waals surface area contributed by atoms with Crippen molar-refractivity contribution in [2.24, 2.45) is 0 Å². The van der Waals surface area contributed by atoms with Gasteiger partial charge in [-0.25, -0.2) is 0 Å². The predicted octanol–water partition coefficient (Wildman–Crippen LogP) is 4.29. The smallest absolute Gasteiger partial charge is 0.226 e. The maximum absolute atomic E-state index is 12.5. The van der Waals surface area contributed by atoms with Crippen LogP contribution in [-0.4, -0.2) is 27.4 Å². The summed E-state index contributed by atoms with van der Waals surface area (Å²) >= 11 is 5.61. The number of furan rings is 1. The topological polar surface area (TPSA) is 70.4 Å². The Bertz CT molecular complexity index is 1030. The van der Waals surface area contributed by atoms with Gasteiger partial charge in [0, 0.05) is 24.8 Å². The van der Waals surface area contributed by atoms with Crippen molar-refractivity contribution < 1.29 is 9.21 Å². The van der Waals surface area contributed by atoms with Crippen molar-refractivity contribution in [3.8, 4) is 0 Å². The Balaban J connectivity index is 1.51. The van der Waals surface area contributed by atoms with Gasteiger partial charge < -0.3 is 20.0 Å². The Morgan fingerprint density at radius 1 is 1.17 bits per heavy atom. The lowest BCUT2D eigenvalue weighted by Gasteiger charge is -2.25. The Hall–Kier alpha value is -3.19. The highest BCUT2D eigenvalue weighted by Gasteiger charge is 2.41. The number of carbonyl (C=O) groups is 1. The second kappa shape index (κ2) is 8.67. The highest BCUT2D eigenvalue weighted by atomic mass is 32.1. The van der Waals surface area contributed by atoms with Crippen LogP contribution >= 0.6 is 12.2 Å². The van der Waals surface area contributed by atoms with Crippen LogP contribution in [0.2, 0.25) is 0 Å². The first-order chi connectivity index (χ1) is 14.5. The van der Waals surface area contributed by atoms with E-state index in [4.69, 9.17) is 16.6 Å². The van der Waals surface area contributed by atoms with E-state index in [2.05, 4.69) is 15.6 Å². The fourth-order valence-electron chi connectivity index (χ4n) is 3.65. The molecule has 3 heterocycles. The van der Waals surface area contributed by atoms with Gasteiger partial charge in [-0.15, -0.1) is 0 Å². The van der Waals surface area contributed by atoms with Gasteiger partial charge in [0.1, 0.15) is 17.6 Å². The van der Waals surface area contributed by atoms with Crippen LogP contribution < -0.4 is 10.6 Å². The summed E-state index contributed by atoms with van der Waals surface area (Å²) in [5, 5.41) is 6.90. The molecule has 1 amide bonds. The largest absolute Gasteiger partial charge is 0.464 e. The van der Waals surface area contributed by atoms with Crippen molar-refractivity contribution in [1.82, 2.24) is 15.2 Å². The number of anilines is 1. The third-order valence-corrected chi connectivity index (χ3v) is 5.52. The van der Waals surface area contributed by atoms with E-state index in [0.717, 1.165) is 28.5 Å². The average molecular weight is 421 g/mol. The first-order valence-corrected chi connectivity index (χ1v) is 10.3. The van der Waals surface area contributed by atoms with Gasteiger partial charge in [-0.2, -0.15) is 0 Å². The number of aromatic nitrogens is 1. The van der Waals surface area contributed by atoms with E-state index in [0.29, 0.717) is 18.1 Å². The van der Waals surface area contributed by atoms with E-state index in [1.54, 1.807) is 6.20 Å². The van der Waals surface area contributed by atoms with Crippen LogP contribution in [0.5, 0.6) is 0 Å². The molecule has 0 radical (unpaired) electrons. The minimum Gasteiger partial charge on any atom is -0.464 e. The van der Waals surface area contributed by atoms with Crippen molar-refractivity contribution in [2.75, 3.05) is 11.9 Å². The highest BCUT2D eigenvalue weighted by Crippen LogP contribution is 2.39. The molecule has 1 aromatic carbocycles. The number of hydrogen-bond donors (Lipinski definition) is 2. The van der Waals surface area contributed by atoms with Crippen molar-refractivity contribution in [3.63, 3.8) is 0 Å². The molecule has 1 saturated heterocycles. The average Bonchev–Trinajstić information content (AvgIpc) is 3.31. The summed E-state index contributed by atoms with van der Waals surface area (Å²) in [6.45, 7) is 4.40. The number of nitrogens with one attached hydrogen (secondary N) is 2. The summed E-state index contributed by atoms with van der Waals surface area (Å²) < 4.78 is 5.94. The summed E-state index contributed by atoms with van der Waals surface area (Å²) in [5.41, 5.74) is 2.82. The molecule has 1 fully saturated rings. The molecule has 0 aliphatic carbocycles. The molecular formula is C23H24N4O2S. The Kier molecular flexibility index (Phi) is 5.81. The molecule has 0 unspecified atom stereocenters. The summed E-state index contributed by atoms with van der Waals surface area (Å²) in [7, 11) is 0. The van der Waals surface area contributed by atoms with E-state index in [1.807, 2.05) is 73.3 Å². The van der Waals surface area contributed by atoms with Crippen molar-refractivity contribution in [3.05, 3.63) is 83.6 Å².